The Morgan fingerprint density at radius 3 is 2.61 bits per heavy atom. The van der Waals surface area contributed by atoms with Crippen LogP contribution in [0.5, 0.6) is 11.5 Å². The Bertz CT molecular complexity index is 853. The zero-order chi connectivity index (χ0) is 20.7. The number of nitrogens with two attached hydrogens (primary N) is 1. The molecule has 0 saturated heterocycles. The Kier molecular flexibility index (Phi) is 7.39. The lowest BCUT2D eigenvalue weighted by molar-refractivity contribution is -0.139. The van der Waals surface area contributed by atoms with Gasteiger partial charge in [0, 0.05) is 22.6 Å². The first-order valence-corrected chi connectivity index (χ1v) is 9.40. The van der Waals surface area contributed by atoms with Gasteiger partial charge in [-0.05, 0) is 29.8 Å². The molecule has 0 aliphatic rings. The number of carbonyl (C=O) groups excluding carboxylic acids is 1. The fraction of sp³-hybridized carbons (Fsp3) is 0.250. The number of benzene rings is 2. The average Bonchev–Trinajstić information content (AvgIpc) is 2.63. The molecular formula is C20H20F3NO3S. The summed E-state index contributed by atoms with van der Waals surface area (Å²) in [6.45, 7) is 3.73. The van der Waals surface area contributed by atoms with Gasteiger partial charge in [-0.2, -0.15) is 13.2 Å². The van der Waals surface area contributed by atoms with Crippen molar-refractivity contribution in [2.75, 3.05) is 18.6 Å². The standard InChI is InChI=1S/C20H20F3NO3S/c1-3-14-5-4-13(9-19(25)26-2)8-18(14)27-17-7-6-16(24)10-15(17)11-28-12-20(21,22)23/h3-8,10H,1,9,11-12,24H2,2H3. The molecular weight excluding hydrogens is 391 g/mol. The number of halogens is 3. The highest BCUT2D eigenvalue weighted by atomic mass is 32.2. The molecule has 4 nitrogen and oxygen atoms in total. The number of methoxy groups -OCH3 is 1. The van der Waals surface area contributed by atoms with Crippen molar-refractivity contribution in [2.45, 2.75) is 18.3 Å². The van der Waals surface area contributed by atoms with Crippen LogP contribution >= 0.6 is 11.8 Å². The van der Waals surface area contributed by atoms with E-state index in [4.69, 9.17) is 10.5 Å². The van der Waals surface area contributed by atoms with Gasteiger partial charge >= 0.3 is 12.1 Å². The fourth-order valence-electron chi connectivity index (χ4n) is 2.39. The van der Waals surface area contributed by atoms with E-state index in [2.05, 4.69) is 11.3 Å². The van der Waals surface area contributed by atoms with Gasteiger partial charge in [-0.1, -0.05) is 24.8 Å². The monoisotopic (exact) mass is 411 g/mol. The van der Waals surface area contributed by atoms with Crippen LogP contribution in [0.2, 0.25) is 0 Å². The summed E-state index contributed by atoms with van der Waals surface area (Å²) in [6.07, 6.45) is -2.59. The van der Waals surface area contributed by atoms with Crippen LogP contribution in [0.1, 0.15) is 16.7 Å². The van der Waals surface area contributed by atoms with E-state index in [-0.39, 0.29) is 12.2 Å². The maximum absolute atomic E-state index is 12.4. The lowest BCUT2D eigenvalue weighted by Crippen LogP contribution is -2.11. The molecule has 150 valence electrons. The summed E-state index contributed by atoms with van der Waals surface area (Å²) >= 11 is 0.729. The van der Waals surface area contributed by atoms with E-state index in [0.29, 0.717) is 33.9 Å². The van der Waals surface area contributed by atoms with Crippen molar-refractivity contribution in [3.63, 3.8) is 0 Å². The molecule has 8 heteroatoms. The van der Waals surface area contributed by atoms with Crippen LogP contribution in [0.25, 0.3) is 6.08 Å². The summed E-state index contributed by atoms with van der Waals surface area (Å²) in [4.78, 5) is 11.5. The lowest BCUT2D eigenvalue weighted by Gasteiger charge is -2.15. The molecule has 0 aliphatic heterocycles. The number of alkyl halides is 3. The predicted molar refractivity (Wildman–Crippen MR) is 105 cm³/mol. The van der Waals surface area contributed by atoms with Gasteiger partial charge in [-0.25, -0.2) is 0 Å². The van der Waals surface area contributed by atoms with E-state index >= 15 is 0 Å². The van der Waals surface area contributed by atoms with E-state index in [1.807, 2.05) is 0 Å². The number of ether oxygens (including phenoxy) is 2. The Labute approximate surface area is 165 Å². The van der Waals surface area contributed by atoms with Crippen molar-refractivity contribution in [1.82, 2.24) is 0 Å². The summed E-state index contributed by atoms with van der Waals surface area (Å²) in [6, 6.07) is 9.99. The molecule has 2 aromatic rings. The summed E-state index contributed by atoms with van der Waals surface area (Å²) < 4.78 is 47.9. The molecule has 0 atom stereocenters. The molecule has 2 N–H and O–H groups in total. The number of hydrogen-bond donors (Lipinski definition) is 1. The molecule has 0 saturated carbocycles. The van der Waals surface area contributed by atoms with Crippen molar-refractivity contribution in [3.05, 3.63) is 59.7 Å². The number of esters is 1. The molecule has 0 heterocycles. The second-order valence-corrected chi connectivity index (χ2v) is 6.89. The van der Waals surface area contributed by atoms with Crippen LogP contribution in [-0.2, 0) is 21.7 Å². The second kappa shape index (κ2) is 9.54. The van der Waals surface area contributed by atoms with E-state index < -0.39 is 17.9 Å². The minimum Gasteiger partial charge on any atom is -0.469 e. The number of thioether (sulfide) groups is 1. The number of anilines is 1. The van der Waals surface area contributed by atoms with Crippen LogP contribution in [0, 0.1) is 0 Å². The average molecular weight is 411 g/mol. The van der Waals surface area contributed by atoms with Crippen LogP contribution < -0.4 is 10.5 Å². The normalized spacial score (nSPS) is 11.1. The first-order valence-electron chi connectivity index (χ1n) is 8.24. The molecule has 2 aromatic carbocycles. The zero-order valence-corrected chi connectivity index (χ0v) is 16.0. The molecule has 0 amide bonds. The van der Waals surface area contributed by atoms with Gasteiger partial charge in [0.15, 0.2) is 0 Å². The first kappa shape index (κ1) is 21.7. The second-order valence-electron chi connectivity index (χ2n) is 5.91. The Balaban J connectivity index is 2.27. The largest absolute Gasteiger partial charge is 0.469 e. The fourth-order valence-corrected chi connectivity index (χ4v) is 3.17. The molecule has 0 fully saturated rings. The van der Waals surface area contributed by atoms with E-state index in [9.17, 15) is 18.0 Å². The van der Waals surface area contributed by atoms with Gasteiger partial charge in [-0.15, -0.1) is 11.8 Å². The SMILES string of the molecule is C=Cc1ccc(CC(=O)OC)cc1Oc1ccc(N)cc1CSCC(F)(F)F. The predicted octanol–water partition coefficient (Wildman–Crippen LogP) is 5.22. The highest BCUT2D eigenvalue weighted by Gasteiger charge is 2.27. The summed E-state index contributed by atoms with van der Waals surface area (Å²) in [5.41, 5.74) is 8.10. The van der Waals surface area contributed by atoms with Crippen LogP contribution in [0.15, 0.2) is 43.0 Å². The molecule has 0 radical (unpaired) electrons. The molecule has 28 heavy (non-hydrogen) atoms. The van der Waals surface area contributed by atoms with Gasteiger partial charge < -0.3 is 15.2 Å². The van der Waals surface area contributed by atoms with Gasteiger partial charge in [0.05, 0.1) is 19.3 Å². The summed E-state index contributed by atoms with van der Waals surface area (Å²) in [7, 11) is 1.30. The molecule has 0 aromatic heterocycles. The van der Waals surface area contributed by atoms with Gasteiger partial charge in [0.1, 0.15) is 11.5 Å². The topological polar surface area (TPSA) is 61.5 Å². The summed E-state index contributed by atoms with van der Waals surface area (Å²) in [5.74, 6) is -0.446. The number of rotatable bonds is 8. The Hall–Kier alpha value is -2.61. The third-order valence-electron chi connectivity index (χ3n) is 3.70. The molecule has 0 bridgehead atoms. The minimum atomic E-state index is -4.25. The summed E-state index contributed by atoms with van der Waals surface area (Å²) in [5, 5.41) is 0. The highest BCUT2D eigenvalue weighted by molar-refractivity contribution is 7.98. The maximum Gasteiger partial charge on any atom is 0.397 e. The molecule has 0 spiro atoms. The quantitative estimate of drug-likeness (QED) is 0.477. The third kappa shape index (κ3) is 6.53. The van der Waals surface area contributed by atoms with Crippen LogP contribution in [-0.4, -0.2) is 25.0 Å². The van der Waals surface area contributed by atoms with Gasteiger partial charge in [-0.3, -0.25) is 4.79 Å². The van der Waals surface area contributed by atoms with Gasteiger partial charge in [0.2, 0.25) is 0 Å². The Morgan fingerprint density at radius 2 is 1.96 bits per heavy atom. The third-order valence-corrected chi connectivity index (χ3v) is 4.75. The van der Waals surface area contributed by atoms with Crippen molar-refractivity contribution < 1.29 is 27.4 Å². The highest BCUT2D eigenvalue weighted by Crippen LogP contribution is 2.34. The molecule has 0 unspecified atom stereocenters. The van der Waals surface area contributed by atoms with Crippen molar-refractivity contribution in [1.29, 1.82) is 0 Å². The number of hydrogen-bond acceptors (Lipinski definition) is 5. The van der Waals surface area contributed by atoms with Crippen LogP contribution in [0.3, 0.4) is 0 Å². The smallest absolute Gasteiger partial charge is 0.397 e. The van der Waals surface area contributed by atoms with Crippen LogP contribution in [0.4, 0.5) is 18.9 Å². The first-order chi connectivity index (χ1) is 13.2. The van der Waals surface area contributed by atoms with Crippen molar-refractivity contribution >= 4 is 29.5 Å². The van der Waals surface area contributed by atoms with E-state index in [0.717, 1.165) is 11.8 Å². The number of nitrogen functional groups attached to an aromatic ring is 1. The van der Waals surface area contributed by atoms with Gasteiger partial charge in [0.25, 0.3) is 0 Å². The van der Waals surface area contributed by atoms with Crippen molar-refractivity contribution in [3.8, 4) is 11.5 Å². The maximum atomic E-state index is 12.4. The number of carbonyl (C=O) groups is 1. The molecule has 2 rings (SSSR count). The molecule has 0 aliphatic carbocycles. The lowest BCUT2D eigenvalue weighted by atomic mass is 10.1. The minimum absolute atomic E-state index is 0.0698. The van der Waals surface area contributed by atoms with E-state index in [1.165, 1.54) is 7.11 Å². The Morgan fingerprint density at radius 1 is 1.21 bits per heavy atom. The zero-order valence-electron chi connectivity index (χ0n) is 15.2. The van der Waals surface area contributed by atoms with Crippen molar-refractivity contribution in [2.24, 2.45) is 0 Å². The van der Waals surface area contributed by atoms with E-state index in [1.54, 1.807) is 42.5 Å².